The van der Waals surface area contributed by atoms with Crippen molar-refractivity contribution in [3.63, 3.8) is 0 Å². The Bertz CT molecular complexity index is 447. The van der Waals surface area contributed by atoms with Crippen LogP contribution in [0.2, 0.25) is 0 Å². The zero-order valence-corrected chi connectivity index (χ0v) is 15.4. The fourth-order valence-corrected chi connectivity index (χ4v) is 2.63. The van der Waals surface area contributed by atoms with Crippen LogP contribution in [-0.4, -0.2) is 25.8 Å². The van der Waals surface area contributed by atoms with Gasteiger partial charge in [-0.3, -0.25) is 4.79 Å². The van der Waals surface area contributed by atoms with E-state index in [9.17, 15) is 4.79 Å². The van der Waals surface area contributed by atoms with E-state index in [-0.39, 0.29) is 23.9 Å². The molecule has 23 heavy (non-hydrogen) atoms. The van der Waals surface area contributed by atoms with Gasteiger partial charge in [-0.2, -0.15) is 0 Å². The summed E-state index contributed by atoms with van der Waals surface area (Å²) in [6, 6.07) is 9.62. The summed E-state index contributed by atoms with van der Waals surface area (Å²) >= 11 is 6.28. The van der Waals surface area contributed by atoms with Gasteiger partial charge in [-0.1, -0.05) is 44.2 Å². The molecule has 4 heteroatoms. The molecule has 1 aromatic carbocycles. The van der Waals surface area contributed by atoms with Gasteiger partial charge in [0.1, 0.15) is 0 Å². The summed E-state index contributed by atoms with van der Waals surface area (Å²) in [5.41, 5.74) is 0.945. The first-order chi connectivity index (χ1) is 10.9. The molecule has 0 spiro atoms. The van der Waals surface area contributed by atoms with Crippen molar-refractivity contribution >= 4 is 17.6 Å². The predicted octanol–water partition coefficient (Wildman–Crippen LogP) is 4.99. The van der Waals surface area contributed by atoms with Crippen LogP contribution in [0, 0.1) is 11.8 Å². The van der Waals surface area contributed by atoms with Crippen molar-refractivity contribution in [1.82, 2.24) is 0 Å². The molecule has 1 unspecified atom stereocenters. The molecule has 0 N–H and O–H groups in total. The summed E-state index contributed by atoms with van der Waals surface area (Å²) in [5, 5.41) is -0.338. The van der Waals surface area contributed by atoms with Crippen LogP contribution in [-0.2, 0) is 14.3 Å². The number of rotatable bonds is 10. The molecule has 0 bridgehead atoms. The number of hydrogen-bond donors (Lipinski definition) is 0. The largest absolute Gasteiger partial charge is 0.465 e. The summed E-state index contributed by atoms with van der Waals surface area (Å²) < 4.78 is 10.7. The Balaban J connectivity index is 2.40. The lowest BCUT2D eigenvalue weighted by Gasteiger charge is -2.22. The molecular formula is C19H29ClO3. The highest BCUT2D eigenvalue weighted by atomic mass is 35.5. The Kier molecular flexibility index (Phi) is 9.27. The van der Waals surface area contributed by atoms with Crippen molar-refractivity contribution in [1.29, 1.82) is 0 Å². The van der Waals surface area contributed by atoms with E-state index in [1.54, 1.807) is 7.11 Å². The lowest BCUT2D eigenvalue weighted by Crippen LogP contribution is -2.21. The standard InChI is InChI=1S/C19H29ClO3/c1-14(2)17(11-10-15(3)22-4)13-23-19(21)12-18(20)16-8-6-5-7-9-16/h5-9,14-15,17-18H,10-13H2,1-4H3/t15-,17-,18?/m1/s1. The van der Waals surface area contributed by atoms with Gasteiger partial charge in [-0.25, -0.2) is 0 Å². The summed E-state index contributed by atoms with van der Waals surface area (Å²) in [7, 11) is 1.72. The number of carbonyl (C=O) groups is 1. The summed E-state index contributed by atoms with van der Waals surface area (Å²) in [6.07, 6.45) is 2.39. The third-order valence-corrected chi connectivity index (χ3v) is 4.66. The topological polar surface area (TPSA) is 35.5 Å². The summed E-state index contributed by atoms with van der Waals surface area (Å²) in [5.74, 6) is 0.578. The van der Waals surface area contributed by atoms with Gasteiger partial charge in [0, 0.05) is 7.11 Å². The number of benzene rings is 1. The maximum Gasteiger partial charge on any atom is 0.307 e. The van der Waals surface area contributed by atoms with Crippen LogP contribution in [0.3, 0.4) is 0 Å². The first-order valence-electron chi connectivity index (χ1n) is 8.31. The first kappa shape index (κ1) is 20.0. The maximum absolute atomic E-state index is 12.0. The van der Waals surface area contributed by atoms with Gasteiger partial charge < -0.3 is 9.47 Å². The highest BCUT2D eigenvalue weighted by Crippen LogP contribution is 2.25. The average Bonchev–Trinajstić information content (AvgIpc) is 2.54. The van der Waals surface area contributed by atoms with Crippen LogP contribution in [0.25, 0.3) is 0 Å². The maximum atomic E-state index is 12.0. The average molecular weight is 341 g/mol. The first-order valence-corrected chi connectivity index (χ1v) is 8.75. The number of ether oxygens (including phenoxy) is 2. The molecule has 0 amide bonds. The molecule has 0 aliphatic heterocycles. The van der Waals surface area contributed by atoms with Crippen molar-refractivity contribution < 1.29 is 14.3 Å². The smallest absolute Gasteiger partial charge is 0.307 e. The van der Waals surface area contributed by atoms with Gasteiger partial charge in [0.25, 0.3) is 0 Å². The van der Waals surface area contributed by atoms with Crippen LogP contribution < -0.4 is 0 Å². The quantitative estimate of drug-likeness (QED) is 0.444. The van der Waals surface area contributed by atoms with Gasteiger partial charge in [0.05, 0.1) is 24.5 Å². The molecule has 0 fully saturated rings. The zero-order chi connectivity index (χ0) is 17.2. The molecule has 0 saturated heterocycles. The second-order valence-electron chi connectivity index (χ2n) is 6.39. The van der Waals surface area contributed by atoms with Crippen molar-refractivity contribution in [2.45, 2.75) is 51.5 Å². The number of hydrogen-bond acceptors (Lipinski definition) is 3. The van der Waals surface area contributed by atoms with E-state index < -0.39 is 0 Å². The Labute approximate surface area is 145 Å². The van der Waals surface area contributed by atoms with Crippen LogP contribution in [0.1, 0.15) is 51.0 Å². The fraction of sp³-hybridized carbons (Fsp3) is 0.632. The number of carbonyl (C=O) groups excluding carboxylic acids is 1. The lowest BCUT2D eigenvalue weighted by molar-refractivity contribution is -0.145. The van der Waals surface area contributed by atoms with E-state index in [4.69, 9.17) is 21.1 Å². The van der Waals surface area contributed by atoms with Gasteiger partial charge >= 0.3 is 5.97 Å². The molecule has 1 rings (SSSR count). The van der Waals surface area contributed by atoms with E-state index >= 15 is 0 Å². The van der Waals surface area contributed by atoms with Crippen molar-refractivity contribution in [3.05, 3.63) is 35.9 Å². The minimum absolute atomic E-state index is 0.199. The third kappa shape index (κ3) is 7.85. The molecule has 0 radical (unpaired) electrons. The molecule has 0 aliphatic carbocycles. The summed E-state index contributed by atoms with van der Waals surface area (Å²) in [6.45, 7) is 6.82. The number of halogens is 1. The van der Waals surface area contributed by atoms with E-state index in [1.807, 2.05) is 30.3 Å². The van der Waals surface area contributed by atoms with Crippen LogP contribution >= 0.6 is 11.6 Å². The number of esters is 1. The third-order valence-electron chi connectivity index (χ3n) is 4.25. The highest BCUT2D eigenvalue weighted by Gasteiger charge is 2.19. The van der Waals surface area contributed by atoms with Crippen molar-refractivity contribution in [3.8, 4) is 0 Å². The Hall–Kier alpha value is -1.06. The van der Waals surface area contributed by atoms with Gasteiger partial charge in [-0.15, -0.1) is 11.6 Å². The monoisotopic (exact) mass is 340 g/mol. The Morgan fingerprint density at radius 1 is 1.13 bits per heavy atom. The van der Waals surface area contributed by atoms with E-state index in [2.05, 4.69) is 20.8 Å². The minimum Gasteiger partial charge on any atom is -0.465 e. The van der Waals surface area contributed by atoms with Crippen LogP contribution in [0.4, 0.5) is 0 Å². The Morgan fingerprint density at radius 3 is 2.35 bits per heavy atom. The molecule has 0 heterocycles. The van der Waals surface area contributed by atoms with E-state index in [0.29, 0.717) is 18.4 Å². The highest BCUT2D eigenvalue weighted by molar-refractivity contribution is 6.21. The Morgan fingerprint density at radius 2 is 1.78 bits per heavy atom. The van der Waals surface area contributed by atoms with Crippen LogP contribution in [0.5, 0.6) is 0 Å². The molecule has 0 aromatic heterocycles. The second kappa shape index (κ2) is 10.7. The van der Waals surface area contributed by atoms with Gasteiger partial charge in [0.2, 0.25) is 0 Å². The number of methoxy groups -OCH3 is 1. The summed E-state index contributed by atoms with van der Waals surface area (Å²) in [4.78, 5) is 12.0. The molecule has 0 aliphatic rings. The minimum atomic E-state index is -0.338. The molecule has 130 valence electrons. The zero-order valence-electron chi connectivity index (χ0n) is 14.6. The molecular weight excluding hydrogens is 312 g/mol. The SMILES string of the molecule is CO[C@H](C)CC[C@H](COC(=O)CC(Cl)c1ccccc1)C(C)C. The molecule has 3 nitrogen and oxygen atoms in total. The van der Waals surface area contributed by atoms with Gasteiger partial charge in [-0.05, 0) is 37.2 Å². The van der Waals surface area contributed by atoms with E-state index in [1.165, 1.54) is 0 Å². The normalized spacial score (nSPS) is 15.2. The predicted molar refractivity (Wildman–Crippen MR) is 94.6 cm³/mol. The number of alkyl halides is 1. The molecule has 3 atom stereocenters. The van der Waals surface area contributed by atoms with E-state index in [0.717, 1.165) is 18.4 Å². The van der Waals surface area contributed by atoms with Crippen molar-refractivity contribution in [2.24, 2.45) is 11.8 Å². The van der Waals surface area contributed by atoms with Crippen molar-refractivity contribution in [2.75, 3.05) is 13.7 Å². The lowest BCUT2D eigenvalue weighted by atomic mass is 9.91. The molecule has 1 aromatic rings. The van der Waals surface area contributed by atoms with Gasteiger partial charge in [0.15, 0.2) is 0 Å². The van der Waals surface area contributed by atoms with Crippen LogP contribution in [0.15, 0.2) is 30.3 Å². The second-order valence-corrected chi connectivity index (χ2v) is 6.92. The fourth-order valence-electron chi connectivity index (χ4n) is 2.36. The molecule has 0 saturated carbocycles.